The summed E-state index contributed by atoms with van der Waals surface area (Å²) in [6, 6.07) is 8.11. The number of fused-ring (bicyclic) bond motifs is 3. The first-order chi connectivity index (χ1) is 6.90. The second kappa shape index (κ2) is 2.80. The lowest BCUT2D eigenvalue weighted by Crippen LogP contribution is -1.89. The van der Waals surface area contributed by atoms with Crippen molar-refractivity contribution in [1.82, 2.24) is 9.38 Å². The highest BCUT2D eigenvalue weighted by molar-refractivity contribution is 7.23. The van der Waals surface area contributed by atoms with Crippen molar-refractivity contribution < 1.29 is 5.11 Å². The molecule has 0 aliphatic carbocycles. The van der Waals surface area contributed by atoms with Crippen molar-refractivity contribution in [2.75, 3.05) is 0 Å². The maximum Gasteiger partial charge on any atom is 0.194 e. The summed E-state index contributed by atoms with van der Waals surface area (Å²) in [5, 5.41) is 9.15. The molecule has 3 nitrogen and oxygen atoms in total. The molecular formula is C10H8N2OS. The molecule has 4 heteroatoms. The first-order valence-corrected chi connectivity index (χ1v) is 5.16. The number of hydrogen-bond donors (Lipinski definition) is 1. The molecule has 3 aromatic rings. The highest BCUT2D eigenvalue weighted by Gasteiger charge is 2.08. The van der Waals surface area contributed by atoms with Crippen molar-refractivity contribution in [1.29, 1.82) is 0 Å². The first-order valence-electron chi connectivity index (χ1n) is 4.35. The van der Waals surface area contributed by atoms with Gasteiger partial charge in [0.15, 0.2) is 4.96 Å². The van der Waals surface area contributed by atoms with Gasteiger partial charge < -0.3 is 5.11 Å². The van der Waals surface area contributed by atoms with Gasteiger partial charge in [-0.1, -0.05) is 23.5 Å². The minimum absolute atomic E-state index is 0.0297. The van der Waals surface area contributed by atoms with E-state index in [4.69, 9.17) is 5.11 Å². The number of aliphatic hydroxyl groups excluding tert-OH is 1. The van der Waals surface area contributed by atoms with Gasteiger partial charge in [0, 0.05) is 0 Å². The third-order valence-electron chi connectivity index (χ3n) is 2.27. The summed E-state index contributed by atoms with van der Waals surface area (Å²) in [5.41, 5.74) is 1.96. The van der Waals surface area contributed by atoms with Crippen LogP contribution in [-0.4, -0.2) is 14.5 Å². The molecule has 0 saturated heterocycles. The van der Waals surface area contributed by atoms with Gasteiger partial charge in [-0.25, -0.2) is 4.98 Å². The summed E-state index contributed by atoms with van der Waals surface area (Å²) in [6.07, 6.45) is 1.72. The number of nitrogens with zero attached hydrogens (tertiary/aromatic N) is 2. The predicted octanol–water partition coefficient (Wildman–Crippen LogP) is 2.04. The van der Waals surface area contributed by atoms with Crippen LogP contribution in [0.5, 0.6) is 0 Å². The first kappa shape index (κ1) is 7.96. The van der Waals surface area contributed by atoms with Gasteiger partial charge >= 0.3 is 0 Å². The Morgan fingerprint density at radius 1 is 1.36 bits per heavy atom. The molecule has 2 aromatic heterocycles. The summed E-state index contributed by atoms with van der Waals surface area (Å²) in [6.45, 7) is 0.0297. The summed E-state index contributed by atoms with van der Waals surface area (Å²) in [5.74, 6) is 0. The van der Waals surface area contributed by atoms with Gasteiger partial charge in [0.25, 0.3) is 0 Å². The number of benzene rings is 1. The molecule has 0 spiro atoms. The van der Waals surface area contributed by atoms with Crippen LogP contribution in [0.2, 0.25) is 0 Å². The fourth-order valence-electron chi connectivity index (χ4n) is 1.64. The van der Waals surface area contributed by atoms with E-state index in [-0.39, 0.29) is 6.61 Å². The molecule has 0 bridgehead atoms. The quantitative estimate of drug-likeness (QED) is 0.658. The number of aliphatic hydroxyl groups is 1. The van der Waals surface area contributed by atoms with E-state index in [1.807, 2.05) is 22.6 Å². The van der Waals surface area contributed by atoms with Crippen molar-refractivity contribution in [3.63, 3.8) is 0 Å². The molecule has 0 fully saturated rings. The van der Waals surface area contributed by atoms with Gasteiger partial charge in [0.05, 0.1) is 28.7 Å². The van der Waals surface area contributed by atoms with Crippen LogP contribution in [0.3, 0.4) is 0 Å². The highest BCUT2D eigenvalue weighted by atomic mass is 32.1. The van der Waals surface area contributed by atoms with Crippen LogP contribution in [-0.2, 0) is 6.61 Å². The van der Waals surface area contributed by atoms with E-state index in [1.165, 1.54) is 4.70 Å². The average Bonchev–Trinajstić information content (AvgIpc) is 2.75. The third kappa shape index (κ3) is 0.921. The fourth-order valence-corrected chi connectivity index (χ4v) is 2.66. The average molecular weight is 204 g/mol. The molecule has 70 valence electrons. The van der Waals surface area contributed by atoms with Crippen LogP contribution in [0.1, 0.15) is 5.69 Å². The lowest BCUT2D eigenvalue weighted by atomic mass is 10.3. The molecule has 0 saturated carbocycles. The van der Waals surface area contributed by atoms with Crippen LogP contribution in [0.25, 0.3) is 15.2 Å². The standard InChI is InChI=1S/C10H8N2OS/c13-6-7-5-11-10-12(7)8-3-1-2-4-9(8)14-10/h1-5,13H,6H2. The largest absolute Gasteiger partial charge is 0.390 e. The van der Waals surface area contributed by atoms with E-state index in [2.05, 4.69) is 11.1 Å². The number of thiazole rings is 1. The van der Waals surface area contributed by atoms with E-state index in [0.717, 1.165) is 16.2 Å². The van der Waals surface area contributed by atoms with E-state index < -0.39 is 0 Å². The zero-order valence-electron chi connectivity index (χ0n) is 7.34. The molecule has 14 heavy (non-hydrogen) atoms. The van der Waals surface area contributed by atoms with Crippen molar-refractivity contribution in [3.8, 4) is 0 Å². The summed E-state index contributed by atoms with van der Waals surface area (Å²) in [4.78, 5) is 5.19. The van der Waals surface area contributed by atoms with E-state index >= 15 is 0 Å². The minimum Gasteiger partial charge on any atom is -0.390 e. The Morgan fingerprint density at radius 2 is 2.21 bits per heavy atom. The molecule has 0 atom stereocenters. The monoisotopic (exact) mass is 204 g/mol. The highest BCUT2D eigenvalue weighted by Crippen LogP contribution is 2.26. The van der Waals surface area contributed by atoms with Crippen LogP contribution in [0.4, 0.5) is 0 Å². The van der Waals surface area contributed by atoms with Crippen molar-refractivity contribution in [2.45, 2.75) is 6.61 Å². The Balaban J connectivity index is 2.54. The summed E-state index contributed by atoms with van der Waals surface area (Å²) in [7, 11) is 0. The maximum absolute atomic E-state index is 9.15. The van der Waals surface area contributed by atoms with Gasteiger partial charge in [-0.15, -0.1) is 0 Å². The number of para-hydroxylation sites is 1. The minimum atomic E-state index is 0.0297. The smallest absolute Gasteiger partial charge is 0.194 e. The van der Waals surface area contributed by atoms with Gasteiger partial charge in [-0.3, -0.25) is 4.40 Å². The number of rotatable bonds is 1. The Bertz CT molecular complexity index is 596. The Kier molecular flexibility index (Phi) is 1.59. The number of aromatic nitrogens is 2. The molecule has 0 radical (unpaired) electrons. The Morgan fingerprint density at radius 3 is 3.07 bits per heavy atom. The van der Waals surface area contributed by atoms with E-state index in [9.17, 15) is 0 Å². The van der Waals surface area contributed by atoms with Gasteiger partial charge in [-0.05, 0) is 12.1 Å². The molecule has 0 unspecified atom stereocenters. The Hall–Kier alpha value is -1.39. The fraction of sp³-hybridized carbons (Fsp3) is 0.100. The van der Waals surface area contributed by atoms with Crippen LogP contribution >= 0.6 is 11.3 Å². The molecule has 2 heterocycles. The van der Waals surface area contributed by atoms with Crippen LogP contribution < -0.4 is 0 Å². The van der Waals surface area contributed by atoms with Crippen LogP contribution in [0.15, 0.2) is 30.5 Å². The van der Waals surface area contributed by atoms with Crippen molar-refractivity contribution in [3.05, 3.63) is 36.2 Å². The predicted molar refractivity (Wildman–Crippen MR) is 56.5 cm³/mol. The molecule has 0 amide bonds. The number of hydrogen-bond acceptors (Lipinski definition) is 3. The third-order valence-corrected chi connectivity index (χ3v) is 3.31. The topological polar surface area (TPSA) is 37.5 Å². The van der Waals surface area contributed by atoms with Crippen molar-refractivity contribution >= 4 is 26.5 Å². The molecule has 0 aliphatic heterocycles. The maximum atomic E-state index is 9.15. The molecule has 1 N–H and O–H groups in total. The molecule has 3 rings (SSSR count). The molecular weight excluding hydrogens is 196 g/mol. The summed E-state index contributed by atoms with van der Waals surface area (Å²) < 4.78 is 3.20. The lowest BCUT2D eigenvalue weighted by Gasteiger charge is -1.94. The van der Waals surface area contributed by atoms with Crippen molar-refractivity contribution in [2.24, 2.45) is 0 Å². The zero-order chi connectivity index (χ0) is 9.54. The van der Waals surface area contributed by atoms with E-state index in [1.54, 1.807) is 17.5 Å². The SMILES string of the molecule is OCc1cnc2sc3ccccc3n12. The zero-order valence-corrected chi connectivity index (χ0v) is 8.16. The normalized spacial score (nSPS) is 11.5. The van der Waals surface area contributed by atoms with Gasteiger partial charge in [0.1, 0.15) is 0 Å². The van der Waals surface area contributed by atoms with Crippen LogP contribution in [0, 0.1) is 0 Å². The summed E-state index contributed by atoms with van der Waals surface area (Å²) >= 11 is 1.64. The van der Waals surface area contributed by atoms with E-state index in [0.29, 0.717) is 0 Å². The molecule has 0 aliphatic rings. The number of imidazole rings is 1. The second-order valence-electron chi connectivity index (χ2n) is 3.10. The molecule has 1 aromatic carbocycles. The van der Waals surface area contributed by atoms with Gasteiger partial charge in [0.2, 0.25) is 0 Å². The lowest BCUT2D eigenvalue weighted by molar-refractivity contribution is 0.276. The second-order valence-corrected chi connectivity index (χ2v) is 4.10. The Labute approximate surface area is 84.3 Å². The van der Waals surface area contributed by atoms with Gasteiger partial charge in [-0.2, -0.15) is 0 Å².